The monoisotopic (exact) mass is 344 g/mol. The second-order valence-electron chi connectivity index (χ2n) is 4.86. The highest BCUT2D eigenvalue weighted by Crippen LogP contribution is 2.32. The molecular weight excluding hydrogens is 332 g/mol. The zero-order chi connectivity index (χ0) is 17.1. The molecule has 0 atom stereocenters. The van der Waals surface area contributed by atoms with E-state index in [0.717, 1.165) is 0 Å². The molecule has 1 aliphatic heterocycles. The van der Waals surface area contributed by atoms with Crippen molar-refractivity contribution >= 4 is 34.9 Å². The number of fused-ring (bicyclic) bond motifs is 1. The molecule has 3 N–H and O–H groups in total. The number of hydrogen-bond donors (Lipinski definition) is 3. The summed E-state index contributed by atoms with van der Waals surface area (Å²) in [6, 6.07) is 10.8. The number of carbonyl (C=O) groups is 2. The van der Waals surface area contributed by atoms with Gasteiger partial charge < -0.3 is 19.9 Å². The fourth-order valence-corrected chi connectivity index (χ4v) is 2.28. The maximum atomic E-state index is 12.2. The molecular formula is C16H12N2O5S. The Kier molecular flexibility index (Phi) is 4.30. The topological polar surface area (TPSA) is 96.9 Å². The number of nitrogens with one attached hydrogen (secondary N) is 2. The van der Waals surface area contributed by atoms with Crippen LogP contribution in [0.3, 0.4) is 0 Å². The standard InChI is InChI=1S/C16H12N2O5S/c19-14(10-3-6-12-13(7-10)23-8-22-12)18-16(24)17-11-4-1-9(2-5-11)15(20)21/h1-7H,8H2,(H,20,21)(H2,17,18,19,24). The molecule has 0 saturated carbocycles. The second-order valence-corrected chi connectivity index (χ2v) is 5.27. The minimum absolute atomic E-state index is 0.0979. The Morgan fingerprint density at radius 1 is 1.00 bits per heavy atom. The van der Waals surface area contributed by atoms with Gasteiger partial charge in [0.05, 0.1) is 5.56 Å². The zero-order valence-electron chi connectivity index (χ0n) is 12.2. The number of thiocarbonyl (C=S) groups is 1. The van der Waals surface area contributed by atoms with Crippen molar-refractivity contribution in [3.63, 3.8) is 0 Å². The number of anilines is 1. The van der Waals surface area contributed by atoms with Crippen LogP contribution in [0.2, 0.25) is 0 Å². The zero-order valence-corrected chi connectivity index (χ0v) is 13.1. The number of carboxylic acids is 1. The van der Waals surface area contributed by atoms with Gasteiger partial charge in [0, 0.05) is 11.3 Å². The minimum Gasteiger partial charge on any atom is -0.478 e. The maximum absolute atomic E-state index is 12.2. The molecule has 3 rings (SSSR count). The lowest BCUT2D eigenvalue weighted by Gasteiger charge is -2.10. The fraction of sp³-hybridized carbons (Fsp3) is 0.0625. The van der Waals surface area contributed by atoms with Crippen molar-refractivity contribution in [1.29, 1.82) is 0 Å². The molecule has 0 aliphatic carbocycles. The molecule has 0 bridgehead atoms. The van der Waals surface area contributed by atoms with Gasteiger partial charge in [-0.3, -0.25) is 10.1 Å². The van der Waals surface area contributed by atoms with E-state index in [1.165, 1.54) is 12.1 Å². The van der Waals surface area contributed by atoms with Crippen LogP contribution in [0.1, 0.15) is 20.7 Å². The van der Waals surface area contributed by atoms with Crippen LogP contribution in [-0.4, -0.2) is 28.9 Å². The highest BCUT2D eigenvalue weighted by Gasteiger charge is 2.16. The van der Waals surface area contributed by atoms with E-state index in [4.69, 9.17) is 26.8 Å². The molecule has 2 aromatic carbocycles. The SMILES string of the molecule is O=C(O)c1ccc(NC(=S)NC(=O)c2ccc3c(c2)OCO3)cc1. The molecule has 0 radical (unpaired) electrons. The second kappa shape index (κ2) is 6.55. The van der Waals surface area contributed by atoms with E-state index in [9.17, 15) is 9.59 Å². The van der Waals surface area contributed by atoms with Crippen LogP contribution in [-0.2, 0) is 0 Å². The van der Waals surface area contributed by atoms with E-state index < -0.39 is 11.9 Å². The molecule has 122 valence electrons. The van der Waals surface area contributed by atoms with Gasteiger partial charge in [-0.1, -0.05) is 0 Å². The van der Waals surface area contributed by atoms with Gasteiger partial charge in [0.2, 0.25) is 6.79 Å². The molecule has 1 heterocycles. The summed E-state index contributed by atoms with van der Waals surface area (Å²) in [5.74, 6) is -0.315. The molecule has 7 nitrogen and oxygen atoms in total. The Labute approximate surface area is 142 Å². The van der Waals surface area contributed by atoms with E-state index in [1.54, 1.807) is 30.3 Å². The lowest BCUT2D eigenvalue weighted by atomic mass is 10.2. The predicted octanol–water partition coefficient (Wildman–Crippen LogP) is 2.24. The van der Waals surface area contributed by atoms with Crippen molar-refractivity contribution < 1.29 is 24.2 Å². The summed E-state index contributed by atoms with van der Waals surface area (Å²) in [6.07, 6.45) is 0. The summed E-state index contributed by atoms with van der Waals surface area (Å²) in [6.45, 7) is 0.132. The molecule has 0 fully saturated rings. The minimum atomic E-state index is -1.01. The number of amides is 1. The van der Waals surface area contributed by atoms with Gasteiger partial charge in [-0.25, -0.2) is 4.79 Å². The maximum Gasteiger partial charge on any atom is 0.335 e. The third-order valence-electron chi connectivity index (χ3n) is 3.25. The van der Waals surface area contributed by atoms with Crippen molar-refractivity contribution in [1.82, 2.24) is 5.32 Å². The summed E-state index contributed by atoms with van der Waals surface area (Å²) >= 11 is 5.08. The Morgan fingerprint density at radius 2 is 1.67 bits per heavy atom. The molecule has 1 amide bonds. The number of ether oxygens (including phenoxy) is 2. The first-order chi connectivity index (χ1) is 11.5. The predicted molar refractivity (Wildman–Crippen MR) is 89.7 cm³/mol. The third kappa shape index (κ3) is 3.44. The number of benzene rings is 2. The first-order valence-corrected chi connectivity index (χ1v) is 7.29. The van der Waals surface area contributed by atoms with Crippen LogP contribution in [0.5, 0.6) is 11.5 Å². The summed E-state index contributed by atoms with van der Waals surface area (Å²) in [5.41, 5.74) is 1.11. The molecule has 24 heavy (non-hydrogen) atoms. The van der Waals surface area contributed by atoms with Crippen molar-refractivity contribution in [2.45, 2.75) is 0 Å². The number of hydrogen-bond acceptors (Lipinski definition) is 5. The average Bonchev–Trinajstić information content (AvgIpc) is 3.02. The van der Waals surface area contributed by atoms with E-state index in [2.05, 4.69) is 10.6 Å². The third-order valence-corrected chi connectivity index (χ3v) is 3.46. The highest BCUT2D eigenvalue weighted by molar-refractivity contribution is 7.80. The molecule has 0 saturated heterocycles. The molecule has 2 aromatic rings. The van der Waals surface area contributed by atoms with Crippen molar-refractivity contribution in [2.24, 2.45) is 0 Å². The molecule has 0 aromatic heterocycles. The largest absolute Gasteiger partial charge is 0.478 e. The summed E-state index contributed by atoms with van der Waals surface area (Å²) in [7, 11) is 0. The summed E-state index contributed by atoms with van der Waals surface area (Å²) in [5, 5.41) is 14.3. The van der Waals surface area contributed by atoms with Crippen LogP contribution in [0.4, 0.5) is 5.69 Å². The van der Waals surface area contributed by atoms with E-state index in [1.807, 2.05) is 0 Å². The van der Waals surface area contributed by atoms with Gasteiger partial charge in [-0.05, 0) is 54.7 Å². The Bertz CT molecular complexity index is 820. The van der Waals surface area contributed by atoms with E-state index in [0.29, 0.717) is 22.7 Å². The van der Waals surface area contributed by atoms with Crippen LogP contribution in [0.15, 0.2) is 42.5 Å². The Balaban J connectivity index is 1.62. The molecule has 0 unspecified atom stereocenters. The van der Waals surface area contributed by atoms with E-state index >= 15 is 0 Å². The van der Waals surface area contributed by atoms with Crippen molar-refractivity contribution in [2.75, 3.05) is 12.1 Å². The fourth-order valence-electron chi connectivity index (χ4n) is 2.07. The number of carbonyl (C=O) groups excluding carboxylic acids is 1. The van der Waals surface area contributed by atoms with Crippen LogP contribution in [0.25, 0.3) is 0 Å². The van der Waals surface area contributed by atoms with Gasteiger partial charge in [0.25, 0.3) is 5.91 Å². The molecule has 8 heteroatoms. The quantitative estimate of drug-likeness (QED) is 0.735. The van der Waals surface area contributed by atoms with Gasteiger partial charge in [0.1, 0.15) is 0 Å². The lowest BCUT2D eigenvalue weighted by Crippen LogP contribution is -2.34. The van der Waals surface area contributed by atoms with Crippen LogP contribution < -0.4 is 20.1 Å². The molecule has 1 aliphatic rings. The van der Waals surface area contributed by atoms with Crippen LogP contribution in [0, 0.1) is 0 Å². The van der Waals surface area contributed by atoms with Gasteiger partial charge in [0.15, 0.2) is 16.6 Å². The van der Waals surface area contributed by atoms with Crippen LogP contribution >= 0.6 is 12.2 Å². The first kappa shape index (κ1) is 15.8. The normalized spacial score (nSPS) is 11.7. The number of aromatic carboxylic acids is 1. The highest BCUT2D eigenvalue weighted by atomic mass is 32.1. The van der Waals surface area contributed by atoms with Crippen molar-refractivity contribution in [3.8, 4) is 11.5 Å². The Morgan fingerprint density at radius 3 is 2.38 bits per heavy atom. The first-order valence-electron chi connectivity index (χ1n) is 6.88. The van der Waals surface area contributed by atoms with Crippen molar-refractivity contribution in [3.05, 3.63) is 53.6 Å². The number of rotatable bonds is 3. The van der Waals surface area contributed by atoms with Gasteiger partial charge >= 0.3 is 5.97 Å². The smallest absolute Gasteiger partial charge is 0.335 e. The van der Waals surface area contributed by atoms with E-state index in [-0.39, 0.29) is 17.5 Å². The molecule has 0 spiro atoms. The van der Waals surface area contributed by atoms with Gasteiger partial charge in [-0.15, -0.1) is 0 Å². The summed E-state index contributed by atoms with van der Waals surface area (Å²) in [4.78, 5) is 23.0. The summed E-state index contributed by atoms with van der Waals surface area (Å²) < 4.78 is 10.4. The average molecular weight is 344 g/mol. The Hall–Kier alpha value is -3.13. The lowest BCUT2D eigenvalue weighted by molar-refractivity contribution is 0.0696. The van der Waals surface area contributed by atoms with Gasteiger partial charge in [-0.2, -0.15) is 0 Å². The number of carboxylic acid groups (broad SMARTS) is 1.